The number of amides is 1. The van der Waals surface area contributed by atoms with Crippen molar-refractivity contribution >= 4 is 23.6 Å². The molecule has 7 nitrogen and oxygen atoms in total. The molecular weight excluding hydrogens is 260 g/mol. The van der Waals surface area contributed by atoms with Gasteiger partial charge in [-0.3, -0.25) is 0 Å². The van der Waals surface area contributed by atoms with E-state index in [0.717, 1.165) is 0 Å². The van der Waals surface area contributed by atoms with E-state index in [4.69, 9.17) is 22.2 Å². The molecule has 2 heterocycles. The van der Waals surface area contributed by atoms with E-state index in [9.17, 15) is 4.79 Å². The first kappa shape index (κ1) is 8.36. The third kappa shape index (κ3) is 2.73. The van der Waals surface area contributed by atoms with E-state index in [2.05, 4.69) is 20.0 Å². The number of nitrogens with zero attached hydrogens (tertiary/aromatic N) is 3. The Bertz CT molecular complexity index is 586. The summed E-state index contributed by atoms with van der Waals surface area (Å²) in [6.07, 6.45) is -0.860. The second kappa shape index (κ2) is 5.26. The van der Waals surface area contributed by atoms with E-state index < -0.39 is 19.0 Å². The Labute approximate surface area is 114 Å². The lowest BCUT2D eigenvalue weighted by Gasteiger charge is -2.14. The highest BCUT2D eigenvalue weighted by atomic mass is 35.5. The smallest absolute Gasteiger partial charge is 0.407 e. The molecule has 98 valence electrons. The van der Waals surface area contributed by atoms with Crippen molar-refractivity contribution in [1.29, 1.82) is 0 Å². The van der Waals surface area contributed by atoms with Crippen LogP contribution in [-0.2, 0) is 0 Å². The number of carboxylic acid groups (broad SMARTS) is 1. The molecule has 0 saturated carbocycles. The van der Waals surface area contributed by atoms with E-state index in [1.807, 2.05) is 0 Å². The van der Waals surface area contributed by atoms with Crippen LogP contribution < -0.4 is 10.1 Å². The molecule has 0 bridgehead atoms. The van der Waals surface area contributed by atoms with E-state index in [-0.39, 0.29) is 29.7 Å². The molecule has 1 atom stereocenters. The lowest BCUT2D eigenvalue weighted by atomic mass is 10.3. The van der Waals surface area contributed by atoms with Gasteiger partial charge in [-0.15, -0.1) is 0 Å². The Balaban J connectivity index is 2.13. The number of ether oxygens (including phenoxy) is 1. The highest BCUT2D eigenvalue weighted by Gasteiger charge is 2.26. The third-order valence-corrected chi connectivity index (χ3v) is 2.79. The monoisotopic (exact) mass is 276 g/mol. The van der Waals surface area contributed by atoms with E-state index in [1.54, 1.807) is 0 Å². The van der Waals surface area contributed by atoms with Crippen LogP contribution in [0.5, 0.6) is 5.88 Å². The summed E-state index contributed by atoms with van der Waals surface area (Å²) < 4.78 is 33.4. The quantitative estimate of drug-likeness (QED) is 0.865. The molecule has 2 rings (SSSR count). The number of carbonyl (C=O) groups is 1. The number of methoxy groups -OCH3 is 1. The topological polar surface area (TPSA) is 87.6 Å². The fourth-order valence-electron chi connectivity index (χ4n) is 1.69. The van der Waals surface area contributed by atoms with Crippen LogP contribution in [0.15, 0.2) is 6.17 Å². The van der Waals surface area contributed by atoms with Gasteiger partial charge in [0.25, 0.3) is 0 Å². The summed E-state index contributed by atoms with van der Waals surface area (Å²) in [5, 5.41) is 11.4. The highest BCUT2D eigenvalue weighted by molar-refractivity contribution is 6.31. The molecule has 2 N–H and O–H groups in total. The zero-order chi connectivity index (χ0) is 16.5. The number of halogens is 1. The molecule has 1 aliphatic heterocycles. The number of rotatable bonds is 3. The largest absolute Gasteiger partial charge is 0.480 e. The molecular formula is C10H13ClN4O3. The predicted molar refractivity (Wildman–Crippen MR) is 65.2 cm³/mol. The number of anilines is 1. The Morgan fingerprint density at radius 3 is 3.39 bits per heavy atom. The van der Waals surface area contributed by atoms with Crippen molar-refractivity contribution < 1.29 is 20.1 Å². The molecule has 0 aliphatic carbocycles. The third-order valence-electron chi connectivity index (χ3n) is 2.54. The van der Waals surface area contributed by atoms with Crippen LogP contribution in [0.2, 0.25) is 5.02 Å². The number of nitrogens with one attached hydrogen (secondary N) is 1. The maximum absolute atomic E-state index is 10.8. The standard InChI is InChI=1S/C10H13ClN4O3/c1-18-8-7(11)4-12-9(14-8)13-6-2-3-15(5-6)10(16)17/h4,6H,2-3,5H2,1H3,(H,16,17)(H,12,13,14)/i1D3,4D. The van der Waals surface area contributed by atoms with Crippen molar-refractivity contribution in [1.82, 2.24) is 14.9 Å². The molecule has 1 aliphatic rings. The summed E-state index contributed by atoms with van der Waals surface area (Å²) >= 11 is 5.75. The van der Waals surface area contributed by atoms with Gasteiger partial charge in [-0.25, -0.2) is 9.78 Å². The van der Waals surface area contributed by atoms with Crippen LogP contribution in [0.4, 0.5) is 10.7 Å². The lowest BCUT2D eigenvalue weighted by molar-refractivity contribution is 0.155. The molecule has 18 heavy (non-hydrogen) atoms. The Morgan fingerprint density at radius 1 is 1.89 bits per heavy atom. The minimum absolute atomic E-state index is 0.0362. The van der Waals surface area contributed by atoms with Crippen LogP contribution in [0.3, 0.4) is 0 Å². The minimum atomic E-state index is -2.75. The maximum atomic E-state index is 10.8. The maximum Gasteiger partial charge on any atom is 0.407 e. The van der Waals surface area contributed by atoms with Gasteiger partial charge < -0.3 is 20.1 Å². The van der Waals surface area contributed by atoms with Gasteiger partial charge >= 0.3 is 6.09 Å². The molecule has 0 aromatic carbocycles. The van der Waals surface area contributed by atoms with Crippen LogP contribution in [-0.4, -0.2) is 52.2 Å². The van der Waals surface area contributed by atoms with Crippen LogP contribution >= 0.6 is 11.6 Å². The normalized spacial score (nSPS) is 22.7. The fourth-order valence-corrected chi connectivity index (χ4v) is 1.81. The second-order valence-electron chi connectivity index (χ2n) is 3.74. The molecule has 8 heteroatoms. The molecule has 1 saturated heterocycles. The summed E-state index contributed by atoms with van der Waals surface area (Å²) in [4.78, 5) is 19.7. The van der Waals surface area contributed by atoms with E-state index >= 15 is 0 Å². The van der Waals surface area contributed by atoms with Crippen LogP contribution in [0, 0.1) is 0 Å². The summed E-state index contributed by atoms with van der Waals surface area (Å²) in [7, 11) is -2.75. The zero-order valence-corrected chi connectivity index (χ0v) is 9.94. The Morgan fingerprint density at radius 2 is 2.72 bits per heavy atom. The van der Waals surface area contributed by atoms with E-state index in [1.165, 1.54) is 4.90 Å². The molecule has 0 spiro atoms. The molecule has 1 amide bonds. The van der Waals surface area contributed by atoms with E-state index in [0.29, 0.717) is 13.0 Å². The van der Waals surface area contributed by atoms with Gasteiger partial charge in [0.2, 0.25) is 11.8 Å². The summed E-state index contributed by atoms with van der Waals surface area (Å²) in [6, 6.07) is -0.239. The Hall–Kier alpha value is -1.76. The van der Waals surface area contributed by atoms with Crippen molar-refractivity contribution in [2.45, 2.75) is 12.5 Å². The highest BCUT2D eigenvalue weighted by Crippen LogP contribution is 2.22. The molecule has 1 aromatic rings. The van der Waals surface area contributed by atoms with Crippen LogP contribution in [0.1, 0.15) is 11.9 Å². The average Bonchev–Trinajstić information content (AvgIpc) is 2.82. The van der Waals surface area contributed by atoms with Gasteiger partial charge in [0.05, 0.1) is 18.7 Å². The molecule has 0 radical (unpaired) electrons. The van der Waals surface area contributed by atoms with Gasteiger partial charge in [0.15, 0.2) is 0 Å². The fraction of sp³-hybridized carbons (Fsp3) is 0.500. The average molecular weight is 277 g/mol. The number of hydrogen-bond acceptors (Lipinski definition) is 5. The van der Waals surface area contributed by atoms with Gasteiger partial charge in [0, 0.05) is 19.1 Å². The molecule has 1 aromatic heterocycles. The second-order valence-corrected chi connectivity index (χ2v) is 4.12. The number of aromatic nitrogens is 2. The summed E-state index contributed by atoms with van der Waals surface area (Å²) in [5.41, 5.74) is 0. The van der Waals surface area contributed by atoms with Gasteiger partial charge in [-0.1, -0.05) is 11.6 Å². The van der Waals surface area contributed by atoms with Crippen molar-refractivity contribution in [3.63, 3.8) is 0 Å². The summed E-state index contributed by atoms with van der Waals surface area (Å²) in [6.45, 7) is 0.608. The van der Waals surface area contributed by atoms with Crippen molar-refractivity contribution in [2.75, 3.05) is 25.4 Å². The van der Waals surface area contributed by atoms with Crippen molar-refractivity contribution in [3.05, 3.63) is 11.2 Å². The van der Waals surface area contributed by atoms with Crippen LogP contribution in [0.25, 0.3) is 0 Å². The SMILES string of the molecule is [2H]c1nc(NC2CCN(C(=O)O)C2)nc(OC([2H])([2H])[2H])c1Cl. The van der Waals surface area contributed by atoms with Crippen molar-refractivity contribution in [2.24, 2.45) is 0 Å². The first-order valence-corrected chi connectivity index (χ1v) is 5.51. The van der Waals surface area contributed by atoms with Gasteiger partial charge in [-0.2, -0.15) is 4.98 Å². The first-order chi connectivity index (χ1) is 10.2. The zero-order valence-electron chi connectivity index (χ0n) is 13.2. The summed E-state index contributed by atoms with van der Waals surface area (Å²) in [5.74, 6) is -0.455. The molecule has 1 fully saturated rings. The van der Waals surface area contributed by atoms with Crippen molar-refractivity contribution in [3.8, 4) is 5.88 Å². The number of likely N-dealkylation sites (tertiary alicyclic amines) is 1. The predicted octanol–water partition coefficient (Wildman–Crippen LogP) is 1.30. The minimum Gasteiger partial charge on any atom is -0.480 e. The van der Waals surface area contributed by atoms with Gasteiger partial charge in [0.1, 0.15) is 5.02 Å². The number of hydrogen-bond donors (Lipinski definition) is 2. The first-order valence-electron chi connectivity index (χ1n) is 7.13. The molecule has 1 unspecified atom stereocenters. The van der Waals surface area contributed by atoms with Gasteiger partial charge in [-0.05, 0) is 6.42 Å². The Kier molecular flexibility index (Phi) is 2.44. The lowest BCUT2D eigenvalue weighted by Crippen LogP contribution is -2.30.